The maximum absolute atomic E-state index is 12.5. The predicted octanol–water partition coefficient (Wildman–Crippen LogP) is 5.80. The molecule has 0 spiro atoms. The van der Waals surface area contributed by atoms with Crippen LogP contribution in [0.15, 0.2) is 72.8 Å². The van der Waals surface area contributed by atoms with E-state index in [4.69, 9.17) is 25.8 Å². The second-order valence-electron chi connectivity index (χ2n) is 5.99. The van der Waals surface area contributed by atoms with Crippen LogP contribution in [0.3, 0.4) is 0 Å². The molecule has 0 radical (unpaired) electrons. The number of carbonyl (C=O) groups is 1. The first-order valence-corrected chi connectivity index (χ1v) is 9.20. The first-order valence-electron chi connectivity index (χ1n) is 8.82. The van der Waals surface area contributed by atoms with Crippen LogP contribution in [-0.2, 0) is 4.79 Å². The number of carbonyl (C=O) groups excluding carboxylic acids is 1. The van der Waals surface area contributed by atoms with Gasteiger partial charge in [0.25, 0.3) is 0 Å². The summed E-state index contributed by atoms with van der Waals surface area (Å²) in [5, 5.41) is 3.29. The molecule has 1 amide bonds. The van der Waals surface area contributed by atoms with Crippen molar-refractivity contribution in [2.24, 2.45) is 0 Å². The SMILES string of the molecule is COc1ccc(OC)c(/C=C/C(=O)Nc2cc(Cl)ccc2Oc2ccccc2)c1. The zero-order valence-corrected chi connectivity index (χ0v) is 16.8. The number of halogens is 1. The van der Waals surface area contributed by atoms with E-state index in [0.717, 1.165) is 0 Å². The molecule has 0 aliphatic heterocycles. The lowest BCUT2D eigenvalue weighted by Crippen LogP contribution is -2.08. The van der Waals surface area contributed by atoms with Crippen LogP contribution < -0.4 is 19.5 Å². The molecule has 0 aromatic heterocycles. The van der Waals surface area contributed by atoms with Gasteiger partial charge in [0, 0.05) is 16.7 Å². The highest BCUT2D eigenvalue weighted by Crippen LogP contribution is 2.32. The number of para-hydroxylation sites is 1. The minimum absolute atomic E-state index is 0.338. The van der Waals surface area contributed by atoms with Crippen molar-refractivity contribution in [3.63, 3.8) is 0 Å². The molecule has 0 fully saturated rings. The molecule has 6 heteroatoms. The third kappa shape index (κ3) is 5.53. The lowest BCUT2D eigenvalue weighted by atomic mass is 10.1. The van der Waals surface area contributed by atoms with Crippen LogP contribution in [0.2, 0.25) is 5.02 Å². The van der Waals surface area contributed by atoms with Crippen LogP contribution in [0.4, 0.5) is 5.69 Å². The molecular weight excluding hydrogens is 390 g/mol. The topological polar surface area (TPSA) is 56.8 Å². The molecule has 0 aliphatic rings. The van der Waals surface area contributed by atoms with E-state index in [1.807, 2.05) is 30.3 Å². The summed E-state index contributed by atoms with van der Waals surface area (Å²) in [5.41, 5.74) is 1.18. The maximum atomic E-state index is 12.5. The standard InChI is InChI=1S/C23H20ClNO4/c1-27-19-10-12-21(28-2)16(14-19)8-13-23(26)25-20-15-17(24)9-11-22(20)29-18-6-4-3-5-7-18/h3-15H,1-2H3,(H,25,26)/b13-8+. The van der Waals surface area contributed by atoms with Crippen LogP contribution in [0.5, 0.6) is 23.0 Å². The lowest BCUT2D eigenvalue weighted by Gasteiger charge is -2.12. The molecule has 0 heterocycles. The van der Waals surface area contributed by atoms with E-state index in [1.54, 1.807) is 56.7 Å². The van der Waals surface area contributed by atoms with E-state index in [2.05, 4.69) is 5.32 Å². The van der Waals surface area contributed by atoms with Gasteiger partial charge in [-0.1, -0.05) is 29.8 Å². The Bertz CT molecular complexity index is 1020. The third-order valence-electron chi connectivity index (χ3n) is 4.02. The molecular formula is C23H20ClNO4. The van der Waals surface area contributed by atoms with E-state index in [9.17, 15) is 4.79 Å². The molecule has 29 heavy (non-hydrogen) atoms. The molecule has 0 saturated heterocycles. The molecule has 3 aromatic carbocycles. The van der Waals surface area contributed by atoms with Gasteiger partial charge in [0.1, 0.15) is 17.2 Å². The fourth-order valence-electron chi connectivity index (χ4n) is 2.61. The molecule has 1 N–H and O–H groups in total. The van der Waals surface area contributed by atoms with E-state index in [1.165, 1.54) is 6.08 Å². The monoisotopic (exact) mass is 409 g/mol. The summed E-state index contributed by atoms with van der Waals surface area (Å²) in [7, 11) is 3.15. The van der Waals surface area contributed by atoms with Crippen molar-refractivity contribution < 1.29 is 19.0 Å². The zero-order valence-electron chi connectivity index (χ0n) is 16.0. The lowest BCUT2D eigenvalue weighted by molar-refractivity contribution is -0.111. The molecule has 0 unspecified atom stereocenters. The van der Waals surface area contributed by atoms with Gasteiger partial charge in [0.2, 0.25) is 5.91 Å². The van der Waals surface area contributed by atoms with Gasteiger partial charge in [-0.2, -0.15) is 0 Å². The van der Waals surface area contributed by atoms with Gasteiger partial charge in [-0.3, -0.25) is 4.79 Å². The Kier molecular flexibility index (Phi) is 6.76. The highest BCUT2D eigenvalue weighted by atomic mass is 35.5. The van der Waals surface area contributed by atoms with Crippen molar-refractivity contribution >= 4 is 29.3 Å². The highest BCUT2D eigenvalue weighted by molar-refractivity contribution is 6.31. The molecule has 0 bridgehead atoms. The smallest absolute Gasteiger partial charge is 0.248 e. The second-order valence-corrected chi connectivity index (χ2v) is 6.42. The first kappa shape index (κ1) is 20.3. The van der Waals surface area contributed by atoms with E-state index in [0.29, 0.717) is 39.3 Å². The highest BCUT2D eigenvalue weighted by Gasteiger charge is 2.09. The predicted molar refractivity (Wildman–Crippen MR) is 115 cm³/mol. The van der Waals surface area contributed by atoms with Gasteiger partial charge >= 0.3 is 0 Å². The molecule has 5 nitrogen and oxygen atoms in total. The molecule has 0 atom stereocenters. The minimum Gasteiger partial charge on any atom is -0.497 e. The van der Waals surface area contributed by atoms with E-state index >= 15 is 0 Å². The number of hydrogen-bond acceptors (Lipinski definition) is 4. The van der Waals surface area contributed by atoms with Crippen molar-refractivity contribution in [1.82, 2.24) is 0 Å². The number of benzene rings is 3. The van der Waals surface area contributed by atoms with Crippen molar-refractivity contribution in [3.05, 3.63) is 83.4 Å². The van der Waals surface area contributed by atoms with Crippen LogP contribution in [0, 0.1) is 0 Å². The molecule has 148 valence electrons. The third-order valence-corrected chi connectivity index (χ3v) is 4.26. The van der Waals surface area contributed by atoms with Gasteiger partial charge in [-0.05, 0) is 54.6 Å². The average molecular weight is 410 g/mol. The van der Waals surface area contributed by atoms with Crippen molar-refractivity contribution in [3.8, 4) is 23.0 Å². The minimum atomic E-state index is -0.338. The Hall–Kier alpha value is -3.44. The Morgan fingerprint density at radius 2 is 1.66 bits per heavy atom. The van der Waals surface area contributed by atoms with E-state index in [-0.39, 0.29) is 5.91 Å². The van der Waals surface area contributed by atoms with Crippen LogP contribution in [0.25, 0.3) is 6.08 Å². The summed E-state index contributed by atoms with van der Waals surface area (Å²) in [6, 6.07) is 19.7. The number of methoxy groups -OCH3 is 2. The summed E-state index contributed by atoms with van der Waals surface area (Å²) in [5.74, 6) is 2.10. The number of rotatable bonds is 7. The van der Waals surface area contributed by atoms with Gasteiger partial charge in [-0.25, -0.2) is 0 Å². The van der Waals surface area contributed by atoms with Gasteiger partial charge in [-0.15, -0.1) is 0 Å². The molecule has 0 saturated carbocycles. The fraction of sp³-hybridized carbons (Fsp3) is 0.0870. The first-order chi connectivity index (χ1) is 14.1. The van der Waals surface area contributed by atoms with E-state index < -0.39 is 0 Å². The maximum Gasteiger partial charge on any atom is 0.248 e. The van der Waals surface area contributed by atoms with Crippen molar-refractivity contribution in [1.29, 1.82) is 0 Å². The quantitative estimate of drug-likeness (QED) is 0.501. The number of anilines is 1. The summed E-state index contributed by atoms with van der Waals surface area (Å²) in [6.45, 7) is 0. The summed E-state index contributed by atoms with van der Waals surface area (Å²) >= 11 is 6.09. The number of amides is 1. The molecule has 0 aliphatic carbocycles. The molecule has 3 rings (SSSR count). The number of nitrogens with one attached hydrogen (secondary N) is 1. The molecule has 3 aromatic rings. The number of ether oxygens (including phenoxy) is 3. The Morgan fingerprint density at radius 3 is 2.38 bits per heavy atom. The average Bonchev–Trinajstić information content (AvgIpc) is 2.74. The van der Waals surface area contributed by atoms with Crippen LogP contribution in [0.1, 0.15) is 5.56 Å². The Morgan fingerprint density at radius 1 is 0.897 bits per heavy atom. The normalized spacial score (nSPS) is 10.6. The Balaban J connectivity index is 1.79. The van der Waals surface area contributed by atoms with Crippen LogP contribution in [-0.4, -0.2) is 20.1 Å². The largest absolute Gasteiger partial charge is 0.497 e. The van der Waals surface area contributed by atoms with Crippen molar-refractivity contribution in [2.75, 3.05) is 19.5 Å². The zero-order chi connectivity index (χ0) is 20.6. The van der Waals surface area contributed by atoms with Gasteiger partial charge in [0.05, 0.1) is 19.9 Å². The van der Waals surface area contributed by atoms with Crippen LogP contribution >= 0.6 is 11.6 Å². The summed E-state index contributed by atoms with van der Waals surface area (Å²) in [6.07, 6.45) is 3.06. The fourth-order valence-corrected chi connectivity index (χ4v) is 2.79. The van der Waals surface area contributed by atoms with Crippen molar-refractivity contribution in [2.45, 2.75) is 0 Å². The second kappa shape index (κ2) is 9.66. The summed E-state index contributed by atoms with van der Waals surface area (Å²) < 4.78 is 16.4. The van der Waals surface area contributed by atoms with Gasteiger partial charge in [0.15, 0.2) is 5.75 Å². The summed E-state index contributed by atoms with van der Waals surface area (Å²) in [4.78, 5) is 12.5. The number of hydrogen-bond donors (Lipinski definition) is 1. The van der Waals surface area contributed by atoms with Gasteiger partial charge < -0.3 is 19.5 Å². The Labute approximate surface area is 174 Å².